The van der Waals surface area contributed by atoms with Crippen molar-refractivity contribution >= 4 is 33.7 Å². The molecule has 0 spiro atoms. The third-order valence-electron chi connectivity index (χ3n) is 2.64. The first-order valence-electron chi connectivity index (χ1n) is 6.39. The molecule has 1 N–H and O–H groups in total. The summed E-state index contributed by atoms with van der Waals surface area (Å²) in [4.78, 5) is 16.6. The summed E-state index contributed by atoms with van der Waals surface area (Å²) < 4.78 is 0.889. The molecule has 0 radical (unpaired) electrons. The molecule has 110 valence electrons. The van der Waals surface area contributed by atoms with Crippen LogP contribution in [0.5, 0.6) is 0 Å². The van der Waals surface area contributed by atoms with E-state index in [1.165, 1.54) is 6.21 Å². The number of oxime groups is 1. The average molecular weight is 358 g/mol. The van der Waals surface area contributed by atoms with E-state index in [9.17, 15) is 4.79 Å². The second-order valence-electron chi connectivity index (χ2n) is 4.27. The Kier molecular flexibility index (Phi) is 5.69. The lowest BCUT2D eigenvalue weighted by Crippen LogP contribution is -2.17. The molecule has 0 aliphatic heterocycles. The number of benzene rings is 2. The Labute approximate surface area is 136 Å². The molecule has 0 bridgehead atoms. The molecular formula is C16H12BrN3O2. The van der Waals surface area contributed by atoms with Gasteiger partial charge >= 0.3 is 0 Å². The van der Waals surface area contributed by atoms with Crippen LogP contribution in [0, 0.1) is 11.3 Å². The molecule has 0 fully saturated rings. The minimum Gasteiger partial charge on any atom is -0.386 e. The van der Waals surface area contributed by atoms with Gasteiger partial charge in [-0.25, -0.2) is 0 Å². The highest BCUT2D eigenvalue weighted by Gasteiger charge is 2.03. The first kappa shape index (κ1) is 15.7. The van der Waals surface area contributed by atoms with E-state index in [1.807, 2.05) is 30.3 Å². The fourth-order valence-electron chi connectivity index (χ4n) is 1.63. The van der Waals surface area contributed by atoms with Crippen LogP contribution in [0.25, 0.3) is 0 Å². The number of carbonyl (C=O) groups excluding carboxylic acids is 1. The van der Waals surface area contributed by atoms with Gasteiger partial charge in [0.05, 0.1) is 17.8 Å². The Bertz CT molecular complexity index is 738. The summed E-state index contributed by atoms with van der Waals surface area (Å²) in [5.74, 6) is -0.348. The van der Waals surface area contributed by atoms with Crippen molar-refractivity contribution in [3.05, 3.63) is 64.1 Å². The first-order valence-corrected chi connectivity index (χ1v) is 7.18. The van der Waals surface area contributed by atoms with Crippen LogP contribution in [-0.2, 0) is 9.63 Å². The predicted octanol–water partition coefficient (Wildman–Crippen LogP) is 3.31. The standard InChI is InChI=1S/C16H12BrN3O2/c17-15-7-2-1-5-13(15)10-19-22-11-16(21)20-14-6-3-4-12(8-14)9-18/h1-8,10H,11H2,(H,20,21)/b19-10-. The number of hydrogen-bond donors (Lipinski definition) is 1. The maximum atomic E-state index is 11.7. The quantitative estimate of drug-likeness (QED) is 0.658. The van der Waals surface area contributed by atoms with Crippen molar-refractivity contribution in [2.75, 3.05) is 11.9 Å². The molecule has 0 unspecified atom stereocenters. The second kappa shape index (κ2) is 7.96. The van der Waals surface area contributed by atoms with E-state index in [-0.39, 0.29) is 12.5 Å². The van der Waals surface area contributed by atoms with Gasteiger partial charge in [-0.05, 0) is 24.3 Å². The van der Waals surface area contributed by atoms with Gasteiger partial charge in [0, 0.05) is 15.7 Å². The number of halogens is 1. The molecule has 5 nitrogen and oxygen atoms in total. The SMILES string of the molecule is N#Cc1cccc(NC(=O)CO/N=C\c2ccccc2Br)c1. The highest BCUT2D eigenvalue weighted by Crippen LogP contribution is 2.13. The molecule has 0 aliphatic rings. The number of hydrogen-bond acceptors (Lipinski definition) is 4. The van der Waals surface area contributed by atoms with Gasteiger partial charge < -0.3 is 10.2 Å². The number of carbonyl (C=O) groups is 1. The maximum absolute atomic E-state index is 11.7. The maximum Gasteiger partial charge on any atom is 0.265 e. The zero-order valence-electron chi connectivity index (χ0n) is 11.5. The van der Waals surface area contributed by atoms with Crippen molar-refractivity contribution in [1.82, 2.24) is 0 Å². The van der Waals surface area contributed by atoms with Gasteiger partial charge in [0.15, 0.2) is 6.61 Å². The van der Waals surface area contributed by atoms with Crippen LogP contribution in [-0.4, -0.2) is 18.7 Å². The van der Waals surface area contributed by atoms with E-state index in [0.29, 0.717) is 11.3 Å². The molecular weight excluding hydrogens is 346 g/mol. The predicted molar refractivity (Wildman–Crippen MR) is 87.5 cm³/mol. The molecule has 0 heterocycles. The summed E-state index contributed by atoms with van der Waals surface area (Å²) in [5, 5.41) is 15.2. The molecule has 0 aromatic heterocycles. The molecule has 2 aromatic rings. The van der Waals surface area contributed by atoms with Crippen LogP contribution < -0.4 is 5.32 Å². The molecule has 2 rings (SSSR count). The van der Waals surface area contributed by atoms with Crippen LogP contribution in [0.15, 0.2) is 58.2 Å². The molecule has 0 aliphatic carbocycles. The van der Waals surface area contributed by atoms with E-state index in [0.717, 1.165) is 10.0 Å². The van der Waals surface area contributed by atoms with Crippen molar-refractivity contribution in [2.45, 2.75) is 0 Å². The Balaban J connectivity index is 1.83. The highest BCUT2D eigenvalue weighted by molar-refractivity contribution is 9.10. The lowest BCUT2D eigenvalue weighted by atomic mass is 10.2. The summed E-state index contributed by atoms with van der Waals surface area (Å²) in [6, 6.07) is 16.2. The Morgan fingerprint density at radius 1 is 1.32 bits per heavy atom. The molecule has 22 heavy (non-hydrogen) atoms. The van der Waals surface area contributed by atoms with Gasteiger partial charge in [-0.15, -0.1) is 0 Å². The monoisotopic (exact) mass is 357 g/mol. The van der Waals surface area contributed by atoms with Crippen molar-refractivity contribution in [3.8, 4) is 6.07 Å². The summed E-state index contributed by atoms with van der Waals surface area (Å²) >= 11 is 3.38. The lowest BCUT2D eigenvalue weighted by Gasteiger charge is -2.04. The van der Waals surface area contributed by atoms with Crippen molar-refractivity contribution in [3.63, 3.8) is 0 Å². The van der Waals surface area contributed by atoms with Gasteiger partial charge in [-0.1, -0.05) is 45.4 Å². The van der Waals surface area contributed by atoms with Crippen molar-refractivity contribution in [2.24, 2.45) is 5.16 Å². The van der Waals surface area contributed by atoms with E-state index in [2.05, 4.69) is 26.4 Å². The van der Waals surface area contributed by atoms with Crippen LogP contribution in [0.3, 0.4) is 0 Å². The van der Waals surface area contributed by atoms with Crippen molar-refractivity contribution in [1.29, 1.82) is 5.26 Å². The molecule has 0 atom stereocenters. The average Bonchev–Trinajstić information content (AvgIpc) is 2.53. The number of nitriles is 1. The number of nitrogens with zero attached hydrogens (tertiary/aromatic N) is 2. The van der Waals surface area contributed by atoms with Gasteiger partial charge in [-0.3, -0.25) is 4.79 Å². The molecule has 2 aromatic carbocycles. The molecule has 1 amide bonds. The van der Waals surface area contributed by atoms with E-state index in [1.54, 1.807) is 24.3 Å². The summed E-state index contributed by atoms with van der Waals surface area (Å²) in [6.07, 6.45) is 1.52. The van der Waals surface area contributed by atoms with E-state index >= 15 is 0 Å². The van der Waals surface area contributed by atoms with Crippen molar-refractivity contribution < 1.29 is 9.63 Å². The van der Waals surface area contributed by atoms with E-state index in [4.69, 9.17) is 10.1 Å². The summed E-state index contributed by atoms with van der Waals surface area (Å²) in [5.41, 5.74) is 1.87. The summed E-state index contributed by atoms with van der Waals surface area (Å²) in [6.45, 7) is -0.211. The zero-order chi connectivity index (χ0) is 15.8. The number of rotatable bonds is 5. The molecule has 0 saturated heterocycles. The van der Waals surface area contributed by atoms with Gasteiger partial charge in [0.1, 0.15) is 0 Å². The van der Waals surface area contributed by atoms with Crippen LogP contribution in [0.1, 0.15) is 11.1 Å². The third-order valence-corrected chi connectivity index (χ3v) is 3.36. The Morgan fingerprint density at radius 3 is 2.91 bits per heavy atom. The fourth-order valence-corrected chi connectivity index (χ4v) is 2.02. The van der Waals surface area contributed by atoms with Crippen LogP contribution in [0.4, 0.5) is 5.69 Å². The van der Waals surface area contributed by atoms with Gasteiger partial charge in [-0.2, -0.15) is 5.26 Å². The molecule has 6 heteroatoms. The van der Waals surface area contributed by atoms with Gasteiger partial charge in [0.25, 0.3) is 5.91 Å². The number of amides is 1. The lowest BCUT2D eigenvalue weighted by molar-refractivity contribution is -0.120. The van der Waals surface area contributed by atoms with Crippen LogP contribution >= 0.6 is 15.9 Å². The zero-order valence-corrected chi connectivity index (χ0v) is 13.1. The fraction of sp³-hybridized carbons (Fsp3) is 0.0625. The van der Waals surface area contributed by atoms with Crippen LogP contribution in [0.2, 0.25) is 0 Å². The first-order chi connectivity index (χ1) is 10.7. The topological polar surface area (TPSA) is 74.5 Å². The second-order valence-corrected chi connectivity index (χ2v) is 5.12. The minimum absolute atomic E-state index is 0.211. The number of nitrogens with one attached hydrogen (secondary N) is 1. The third kappa shape index (κ3) is 4.72. The van der Waals surface area contributed by atoms with Gasteiger partial charge in [0.2, 0.25) is 0 Å². The smallest absolute Gasteiger partial charge is 0.265 e. The molecule has 0 saturated carbocycles. The minimum atomic E-state index is -0.348. The highest BCUT2D eigenvalue weighted by atomic mass is 79.9. The largest absolute Gasteiger partial charge is 0.386 e. The summed E-state index contributed by atoms with van der Waals surface area (Å²) in [7, 11) is 0. The number of anilines is 1. The Hall–Kier alpha value is -2.65. The van der Waals surface area contributed by atoms with E-state index < -0.39 is 0 Å². The normalized spacial score (nSPS) is 10.2. The Morgan fingerprint density at radius 2 is 2.14 bits per heavy atom.